The zero-order valence-electron chi connectivity index (χ0n) is 11.7. The van der Waals surface area contributed by atoms with Crippen LogP contribution < -0.4 is 5.32 Å². The number of ketones is 1. The van der Waals surface area contributed by atoms with Crippen LogP contribution in [-0.4, -0.2) is 12.3 Å². The molecular formula is C17H18ClNO. The third kappa shape index (κ3) is 3.92. The van der Waals surface area contributed by atoms with Crippen LogP contribution in [0.1, 0.15) is 27.0 Å². The Labute approximate surface area is 124 Å². The number of Topliss-reactive ketones (excluding diaryl/α,β-unsaturated/α-hetero) is 1. The lowest BCUT2D eigenvalue weighted by molar-refractivity contribution is 0.0990. The molecule has 0 bridgehead atoms. The van der Waals surface area contributed by atoms with Crippen molar-refractivity contribution in [2.45, 2.75) is 20.4 Å². The summed E-state index contributed by atoms with van der Waals surface area (Å²) < 4.78 is 0. The number of nitrogens with one attached hydrogen (secondary N) is 1. The normalized spacial score (nSPS) is 10.6. The lowest BCUT2D eigenvalue weighted by atomic mass is 10.0. The summed E-state index contributed by atoms with van der Waals surface area (Å²) in [6.07, 6.45) is 0. The van der Waals surface area contributed by atoms with Crippen molar-refractivity contribution in [3.8, 4) is 0 Å². The van der Waals surface area contributed by atoms with E-state index >= 15 is 0 Å². The van der Waals surface area contributed by atoms with Gasteiger partial charge in [0, 0.05) is 17.1 Å². The lowest BCUT2D eigenvalue weighted by Crippen LogP contribution is -2.22. The van der Waals surface area contributed by atoms with Crippen LogP contribution in [0.15, 0.2) is 42.5 Å². The van der Waals surface area contributed by atoms with Crippen LogP contribution in [0.25, 0.3) is 0 Å². The van der Waals surface area contributed by atoms with Crippen LogP contribution in [0.3, 0.4) is 0 Å². The highest BCUT2D eigenvalue weighted by Gasteiger charge is 2.06. The second-order valence-corrected chi connectivity index (χ2v) is 5.39. The minimum absolute atomic E-state index is 0.113. The molecule has 2 aromatic carbocycles. The second-order valence-electron chi connectivity index (χ2n) is 4.95. The highest BCUT2D eigenvalue weighted by atomic mass is 35.5. The Morgan fingerprint density at radius 2 is 1.75 bits per heavy atom. The van der Waals surface area contributed by atoms with Gasteiger partial charge in [0.1, 0.15) is 0 Å². The molecule has 2 aromatic rings. The fraction of sp³-hybridized carbons (Fsp3) is 0.235. The minimum atomic E-state index is 0.113. The van der Waals surface area contributed by atoms with Crippen molar-refractivity contribution in [2.75, 3.05) is 6.54 Å². The Kier molecular flexibility index (Phi) is 4.94. The third-order valence-corrected chi connectivity index (χ3v) is 3.61. The summed E-state index contributed by atoms with van der Waals surface area (Å²) in [6.45, 7) is 5.06. The van der Waals surface area contributed by atoms with E-state index in [1.54, 1.807) is 0 Å². The summed E-state index contributed by atoms with van der Waals surface area (Å²) in [7, 11) is 0. The predicted molar refractivity (Wildman–Crippen MR) is 83.4 cm³/mol. The van der Waals surface area contributed by atoms with Gasteiger partial charge in [-0.25, -0.2) is 0 Å². The van der Waals surface area contributed by atoms with E-state index in [4.69, 9.17) is 11.6 Å². The maximum atomic E-state index is 12.1. The van der Waals surface area contributed by atoms with E-state index < -0.39 is 0 Å². The van der Waals surface area contributed by atoms with Crippen LogP contribution in [0.5, 0.6) is 0 Å². The zero-order chi connectivity index (χ0) is 14.5. The number of carbonyl (C=O) groups excluding carboxylic acids is 1. The Bertz CT molecular complexity index is 605. The van der Waals surface area contributed by atoms with E-state index in [1.165, 1.54) is 5.56 Å². The molecule has 0 aliphatic rings. The fourth-order valence-corrected chi connectivity index (χ4v) is 2.07. The van der Waals surface area contributed by atoms with Crippen molar-refractivity contribution in [1.82, 2.24) is 5.32 Å². The maximum Gasteiger partial charge on any atom is 0.176 e. The number of hydrogen-bond acceptors (Lipinski definition) is 2. The van der Waals surface area contributed by atoms with Gasteiger partial charge in [-0.15, -0.1) is 0 Å². The minimum Gasteiger partial charge on any atom is -0.306 e. The van der Waals surface area contributed by atoms with Gasteiger partial charge in [0.25, 0.3) is 0 Å². The summed E-state index contributed by atoms with van der Waals surface area (Å²) >= 11 is 5.83. The van der Waals surface area contributed by atoms with E-state index in [1.807, 2.05) is 56.3 Å². The third-order valence-electron chi connectivity index (χ3n) is 3.36. The van der Waals surface area contributed by atoms with Crippen molar-refractivity contribution in [2.24, 2.45) is 0 Å². The zero-order valence-corrected chi connectivity index (χ0v) is 12.5. The van der Waals surface area contributed by atoms with Crippen LogP contribution >= 0.6 is 11.6 Å². The Hall–Kier alpha value is -1.64. The SMILES string of the molecule is Cc1ccc(C(=O)CNCc2ccc(Cl)cc2)cc1C. The van der Waals surface area contributed by atoms with Crippen LogP contribution in [0.4, 0.5) is 0 Å². The van der Waals surface area contributed by atoms with Gasteiger partial charge in [0.15, 0.2) is 5.78 Å². The smallest absolute Gasteiger partial charge is 0.176 e. The number of benzene rings is 2. The summed E-state index contributed by atoms with van der Waals surface area (Å²) in [5.74, 6) is 0.113. The average molecular weight is 288 g/mol. The van der Waals surface area contributed by atoms with Crippen molar-refractivity contribution in [3.05, 3.63) is 69.7 Å². The van der Waals surface area contributed by atoms with Gasteiger partial charge in [-0.3, -0.25) is 4.79 Å². The second kappa shape index (κ2) is 6.69. The number of halogens is 1. The van der Waals surface area contributed by atoms with Crippen molar-refractivity contribution in [1.29, 1.82) is 0 Å². The maximum absolute atomic E-state index is 12.1. The van der Waals surface area contributed by atoms with E-state index in [9.17, 15) is 4.79 Å². The van der Waals surface area contributed by atoms with E-state index in [2.05, 4.69) is 5.32 Å². The Morgan fingerprint density at radius 1 is 1.05 bits per heavy atom. The van der Waals surface area contributed by atoms with Crippen LogP contribution in [0.2, 0.25) is 5.02 Å². The van der Waals surface area contributed by atoms with Crippen LogP contribution in [0, 0.1) is 13.8 Å². The molecular weight excluding hydrogens is 270 g/mol. The molecule has 0 amide bonds. The molecule has 20 heavy (non-hydrogen) atoms. The molecule has 0 saturated heterocycles. The first-order valence-electron chi connectivity index (χ1n) is 6.62. The summed E-state index contributed by atoms with van der Waals surface area (Å²) in [4.78, 5) is 12.1. The van der Waals surface area contributed by atoms with Crippen molar-refractivity contribution >= 4 is 17.4 Å². The van der Waals surface area contributed by atoms with Gasteiger partial charge in [-0.05, 0) is 48.7 Å². The summed E-state index contributed by atoms with van der Waals surface area (Å²) in [5.41, 5.74) is 4.23. The van der Waals surface area contributed by atoms with E-state index in [-0.39, 0.29) is 5.78 Å². The molecule has 0 atom stereocenters. The standard InChI is InChI=1S/C17H18ClNO/c1-12-3-6-15(9-13(12)2)17(20)11-19-10-14-4-7-16(18)8-5-14/h3-9,19H,10-11H2,1-2H3. The van der Waals surface area contributed by atoms with Gasteiger partial charge in [-0.1, -0.05) is 35.9 Å². The fourth-order valence-electron chi connectivity index (χ4n) is 1.94. The molecule has 0 aliphatic carbocycles. The molecule has 0 radical (unpaired) electrons. The van der Waals surface area contributed by atoms with Gasteiger partial charge >= 0.3 is 0 Å². The molecule has 3 heteroatoms. The highest BCUT2D eigenvalue weighted by molar-refractivity contribution is 6.30. The summed E-state index contributed by atoms with van der Waals surface area (Å²) in [6, 6.07) is 13.4. The van der Waals surface area contributed by atoms with Gasteiger partial charge in [0.05, 0.1) is 6.54 Å². The molecule has 0 aromatic heterocycles. The van der Waals surface area contributed by atoms with Crippen molar-refractivity contribution in [3.63, 3.8) is 0 Å². The number of hydrogen-bond donors (Lipinski definition) is 1. The first-order chi connectivity index (χ1) is 9.56. The number of rotatable bonds is 5. The quantitative estimate of drug-likeness (QED) is 0.844. The Morgan fingerprint density at radius 3 is 2.40 bits per heavy atom. The molecule has 0 heterocycles. The largest absolute Gasteiger partial charge is 0.306 e. The first-order valence-corrected chi connectivity index (χ1v) is 6.99. The molecule has 2 nitrogen and oxygen atoms in total. The van der Waals surface area contributed by atoms with Gasteiger partial charge < -0.3 is 5.32 Å². The molecule has 1 N–H and O–H groups in total. The first kappa shape index (κ1) is 14.8. The predicted octanol–water partition coefficient (Wildman–Crippen LogP) is 3.93. The highest BCUT2D eigenvalue weighted by Crippen LogP contribution is 2.11. The number of aryl methyl sites for hydroxylation is 2. The summed E-state index contributed by atoms with van der Waals surface area (Å²) in [5, 5.41) is 3.88. The molecule has 2 rings (SSSR count). The van der Waals surface area contributed by atoms with Crippen LogP contribution in [-0.2, 0) is 6.54 Å². The molecule has 0 aliphatic heterocycles. The monoisotopic (exact) mass is 287 g/mol. The van der Waals surface area contributed by atoms with Crippen molar-refractivity contribution < 1.29 is 4.79 Å². The van der Waals surface area contributed by atoms with Gasteiger partial charge in [0.2, 0.25) is 0 Å². The molecule has 0 unspecified atom stereocenters. The molecule has 0 spiro atoms. The average Bonchev–Trinajstić information content (AvgIpc) is 2.44. The molecule has 104 valence electrons. The molecule has 0 fully saturated rings. The lowest BCUT2D eigenvalue weighted by Gasteiger charge is -2.06. The van der Waals surface area contributed by atoms with Gasteiger partial charge in [-0.2, -0.15) is 0 Å². The molecule has 0 saturated carbocycles. The topological polar surface area (TPSA) is 29.1 Å². The number of carbonyl (C=O) groups is 1. The van der Waals surface area contributed by atoms with E-state index in [0.717, 1.165) is 21.7 Å². The van der Waals surface area contributed by atoms with E-state index in [0.29, 0.717) is 13.1 Å². The Balaban J connectivity index is 1.88.